The SMILES string of the molecule is COCO[C@@H]1[C@H](C)[C@@]23O[C@]1(C)[C@@H](COC(C)=O)[C@@H]2C(=O)[C@@H]1[C@H]2CO[C@@]4(O)[C@@H](C)[C@@]1(O[C@@]24C)[C@@H]3C. The maximum atomic E-state index is 14.5. The van der Waals surface area contributed by atoms with Gasteiger partial charge in [0.05, 0.1) is 48.0 Å². The largest absolute Gasteiger partial charge is 0.465 e. The number of rotatable bonds is 5. The van der Waals surface area contributed by atoms with E-state index in [2.05, 4.69) is 13.8 Å². The maximum Gasteiger partial charge on any atom is 0.302 e. The van der Waals surface area contributed by atoms with Gasteiger partial charge < -0.3 is 33.5 Å². The predicted octanol–water partition coefficient (Wildman–Crippen LogP) is 1.30. The van der Waals surface area contributed by atoms with E-state index < -0.39 is 51.9 Å². The smallest absolute Gasteiger partial charge is 0.302 e. The van der Waals surface area contributed by atoms with Gasteiger partial charge in [0.25, 0.3) is 0 Å². The van der Waals surface area contributed by atoms with Crippen molar-refractivity contribution >= 4 is 11.8 Å². The molecule has 6 rings (SSSR count). The lowest BCUT2D eigenvalue weighted by atomic mass is 9.43. The van der Waals surface area contributed by atoms with E-state index in [-0.39, 0.29) is 55.6 Å². The topological polar surface area (TPSA) is 110 Å². The minimum absolute atomic E-state index is 0.0733. The van der Waals surface area contributed by atoms with Gasteiger partial charge in [0.15, 0.2) is 0 Å². The highest BCUT2D eigenvalue weighted by atomic mass is 16.7. The normalized spacial score (nSPS) is 60.5. The Bertz CT molecular complexity index is 955. The second kappa shape index (κ2) is 6.61. The lowest BCUT2D eigenvalue weighted by molar-refractivity contribution is -0.237. The van der Waals surface area contributed by atoms with Crippen LogP contribution in [0.5, 0.6) is 0 Å². The van der Waals surface area contributed by atoms with Gasteiger partial charge >= 0.3 is 5.97 Å². The summed E-state index contributed by atoms with van der Waals surface area (Å²) in [6.45, 7) is 11.8. The predicted molar refractivity (Wildman–Crippen MR) is 115 cm³/mol. The van der Waals surface area contributed by atoms with Crippen molar-refractivity contribution in [2.45, 2.75) is 75.8 Å². The summed E-state index contributed by atoms with van der Waals surface area (Å²) in [6, 6.07) is 0. The Balaban J connectivity index is 1.51. The van der Waals surface area contributed by atoms with E-state index in [9.17, 15) is 14.7 Å². The van der Waals surface area contributed by atoms with Crippen LogP contribution in [0.4, 0.5) is 0 Å². The fourth-order valence-corrected chi connectivity index (χ4v) is 9.65. The highest BCUT2D eigenvalue weighted by Crippen LogP contribution is 2.78. The molecule has 0 radical (unpaired) electrons. The highest BCUT2D eigenvalue weighted by molar-refractivity contribution is 5.90. The summed E-state index contributed by atoms with van der Waals surface area (Å²) >= 11 is 0. The molecule has 0 aromatic carbocycles. The number of esters is 1. The lowest BCUT2D eigenvalue weighted by Crippen LogP contribution is -2.73. The first kappa shape index (κ1) is 23.3. The standard InChI is InChI=1S/C25H36O9/c1-11-20(31-10-29-7)21(5)15(8-30-14(4)26)17-19(27)18-16-9-32-25(28)13(3)24(18,34-22(16,25)6)12(2)23(11,17)33-21/h11-13,15-18,20,28H,8-10H2,1-7H3/t11-,12+,13-,15-,16+,17+,18-,20+,21+,22-,23-,24-,25-/m0/s1. The van der Waals surface area contributed by atoms with Crippen LogP contribution in [0.1, 0.15) is 41.5 Å². The fraction of sp³-hybridized carbons (Fsp3) is 0.920. The van der Waals surface area contributed by atoms with Gasteiger partial charge in [-0.15, -0.1) is 0 Å². The number of ketones is 1. The van der Waals surface area contributed by atoms with Gasteiger partial charge in [-0.1, -0.05) is 20.8 Å². The second-order valence-electron chi connectivity index (χ2n) is 11.8. The number of aliphatic hydroxyl groups is 1. The van der Waals surface area contributed by atoms with Crippen LogP contribution in [0, 0.1) is 41.4 Å². The molecule has 0 amide bonds. The molecule has 0 unspecified atom stereocenters. The number of carbonyl (C=O) groups is 2. The van der Waals surface area contributed by atoms with Gasteiger partial charge in [0.1, 0.15) is 18.2 Å². The number of methoxy groups -OCH3 is 1. The van der Waals surface area contributed by atoms with Crippen LogP contribution >= 0.6 is 0 Å². The van der Waals surface area contributed by atoms with Gasteiger partial charge in [-0.05, 0) is 13.8 Å². The van der Waals surface area contributed by atoms with E-state index in [1.165, 1.54) is 6.92 Å². The van der Waals surface area contributed by atoms with E-state index in [1.54, 1.807) is 7.11 Å². The first-order valence-corrected chi connectivity index (χ1v) is 12.4. The molecule has 5 saturated heterocycles. The van der Waals surface area contributed by atoms with Crippen LogP contribution < -0.4 is 0 Å². The molecule has 0 aromatic rings. The Morgan fingerprint density at radius 1 is 1.12 bits per heavy atom. The van der Waals surface area contributed by atoms with Crippen molar-refractivity contribution in [2.75, 3.05) is 27.1 Å². The molecule has 9 heteroatoms. The van der Waals surface area contributed by atoms with Crippen LogP contribution in [0.25, 0.3) is 0 Å². The minimum Gasteiger partial charge on any atom is -0.465 e. The lowest BCUT2D eigenvalue weighted by Gasteiger charge is -2.59. The fourth-order valence-electron chi connectivity index (χ4n) is 9.65. The van der Waals surface area contributed by atoms with Crippen molar-refractivity contribution < 1.29 is 43.1 Å². The Morgan fingerprint density at radius 3 is 2.47 bits per heavy atom. The number of Topliss-reactive ketones (excluding diaryl/α,β-unsaturated/α-hetero) is 1. The van der Waals surface area contributed by atoms with Gasteiger partial charge in [-0.25, -0.2) is 0 Å². The molecular weight excluding hydrogens is 444 g/mol. The third-order valence-corrected chi connectivity index (χ3v) is 11.0. The summed E-state index contributed by atoms with van der Waals surface area (Å²) in [5.41, 5.74) is -3.63. The summed E-state index contributed by atoms with van der Waals surface area (Å²) in [5.74, 6) is -4.09. The second-order valence-corrected chi connectivity index (χ2v) is 11.8. The molecule has 6 fully saturated rings. The average Bonchev–Trinajstić information content (AvgIpc) is 3.40. The van der Waals surface area contributed by atoms with Crippen LogP contribution in [-0.2, 0) is 38.0 Å². The van der Waals surface area contributed by atoms with Crippen molar-refractivity contribution in [3.8, 4) is 0 Å². The van der Waals surface area contributed by atoms with Crippen molar-refractivity contribution in [3.05, 3.63) is 0 Å². The van der Waals surface area contributed by atoms with Crippen LogP contribution in [0.15, 0.2) is 0 Å². The molecule has 1 N–H and O–H groups in total. The van der Waals surface area contributed by atoms with Gasteiger partial charge in [0.2, 0.25) is 5.79 Å². The van der Waals surface area contributed by atoms with E-state index in [1.807, 2.05) is 20.8 Å². The number of ether oxygens (including phenoxy) is 6. The number of hydrogen-bond acceptors (Lipinski definition) is 9. The molecule has 1 aliphatic carbocycles. The molecule has 9 nitrogen and oxygen atoms in total. The summed E-state index contributed by atoms with van der Waals surface area (Å²) in [5, 5.41) is 11.6. The summed E-state index contributed by atoms with van der Waals surface area (Å²) in [4.78, 5) is 26.3. The van der Waals surface area contributed by atoms with E-state index in [0.717, 1.165) is 0 Å². The maximum absolute atomic E-state index is 14.5. The zero-order valence-corrected chi connectivity index (χ0v) is 21.0. The van der Waals surface area contributed by atoms with Crippen LogP contribution in [0.2, 0.25) is 0 Å². The molecule has 5 heterocycles. The molecule has 4 bridgehead atoms. The molecule has 2 spiro atoms. The van der Waals surface area contributed by atoms with E-state index in [0.29, 0.717) is 0 Å². The number of hydrogen-bond donors (Lipinski definition) is 1. The first-order chi connectivity index (χ1) is 15.9. The monoisotopic (exact) mass is 480 g/mol. The first-order valence-electron chi connectivity index (χ1n) is 12.4. The summed E-state index contributed by atoms with van der Waals surface area (Å²) < 4.78 is 36.6. The Kier molecular flexibility index (Phi) is 4.53. The molecule has 1 saturated carbocycles. The molecule has 5 aliphatic heterocycles. The number of carbonyl (C=O) groups excluding carboxylic acids is 2. The third-order valence-electron chi connectivity index (χ3n) is 11.0. The molecule has 34 heavy (non-hydrogen) atoms. The van der Waals surface area contributed by atoms with Crippen LogP contribution in [-0.4, -0.2) is 78.3 Å². The quantitative estimate of drug-likeness (QED) is 0.460. The summed E-state index contributed by atoms with van der Waals surface area (Å²) in [7, 11) is 1.57. The van der Waals surface area contributed by atoms with Crippen molar-refractivity contribution in [2.24, 2.45) is 41.4 Å². The van der Waals surface area contributed by atoms with Crippen LogP contribution in [0.3, 0.4) is 0 Å². The zero-order valence-electron chi connectivity index (χ0n) is 21.0. The Hall–Kier alpha value is -1.10. The number of fused-ring (bicyclic) bond motifs is 2. The summed E-state index contributed by atoms with van der Waals surface area (Å²) in [6.07, 6.45) is -0.368. The van der Waals surface area contributed by atoms with Gasteiger partial charge in [-0.2, -0.15) is 0 Å². The highest BCUT2D eigenvalue weighted by Gasteiger charge is 2.91. The molecule has 6 aliphatic rings. The van der Waals surface area contributed by atoms with E-state index in [4.69, 9.17) is 28.4 Å². The molecular formula is C25H36O9. The van der Waals surface area contributed by atoms with Crippen molar-refractivity contribution in [1.29, 1.82) is 0 Å². The van der Waals surface area contributed by atoms with E-state index >= 15 is 0 Å². The molecule has 13 atom stereocenters. The average molecular weight is 481 g/mol. The zero-order chi connectivity index (χ0) is 24.6. The minimum atomic E-state index is -1.45. The van der Waals surface area contributed by atoms with Gasteiger partial charge in [0, 0.05) is 43.6 Å². The molecule has 0 aromatic heterocycles. The third kappa shape index (κ3) is 2.09. The van der Waals surface area contributed by atoms with Crippen molar-refractivity contribution in [3.63, 3.8) is 0 Å². The van der Waals surface area contributed by atoms with Gasteiger partial charge in [-0.3, -0.25) is 9.59 Å². The molecule has 190 valence electrons. The Labute approximate surface area is 199 Å². The van der Waals surface area contributed by atoms with Crippen molar-refractivity contribution in [1.82, 2.24) is 0 Å². The Morgan fingerprint density at radius 2 is 1.82 bits per heavy atom.